The van der Waals surface area contributed by atoms with E-state index in [9.17, 15) is 0 Å². The molecule has 1 aromatic rings. The number of hydrogen-bond donors (Lipinski definition) is 1. The van der Waals surface area contributed by atoms with Crippen LogP contribution >= 0.6 is 0 Å². The molecule has 0 aromatic heterocycles. The monoisotopic (exact) mass is 205 g/mol. The summed E-state index contributed by atoms with van der Waals surface area (Å²) in [5.41, 5.74) is 2.86. The van der Waals surface area contributed by atoms with E-state index in [0.29, 0.717) is 17.9 Å². The second-order valence-electron chi connectivity index (χ2n) is 4.70. The molecule has 0 bridgehead atoms. The zero-order chi connectivity index (χ0) is 11.4. The molecule has 84 valence electrons. The van der Waals surface area contributed by atoms with Gasteiger partial charge in [0.2, 0.25) is 0 Å². The molecule has 0 aliphatic heterocycles. The second kappa shape index (κ2) is 5.32. The summed E-state index contributed by atoms with van der Waals surface area (Å²) in [5, 5.41) is 3.43. The summed E-state index contributed by atoms with van der Waals surface area (Å²) in [5.74, 6) is 1.22. The van der Waals surface area contributed by atoms with Crippen LogP contribution < -0.4 is 5.32 Å². The fourth-order valence-electron chi connectivity index (χ4n) is 2.45. The summed E-state index contributed by atoms with van der Waals surface area (Å²) in [6.07, 6.45) is 0. The van der Waals surface area contributed by atoms with Gasteiger partial charge in [0, 0.05) is 6.04 Å². The molecule has 0 fully saturated rings. The smallest absolute Gasteiger partial charge is 0.0153 e. The van der Waals surface area contributed by atoms with E-state index in [1.54, 1.807) is 0 Å². The summed E-state index contributed by atoms with van der Waals surface area (Å²) in [7, 11) is 2.06. The Hall–Kier alpha value is -0.820. The highest BCUT2D eigenvalue weighted by Crippen LogP contribution is 2.25. The van der Waals surface area contributed by atoms with E-state index in [4.69, 9.17) is 0 Å². The van der Waals surface area contributed by atoms with Crippen molar-refractivity contribution < 1.29 is 0 Å². The highest BCUT2D eigenvalue weighted by atomic mass is 14.9. The van der Waals surface area contributed by atoms with Crippen molar-refractivity contribution in [1.82, 2.24) is 5.32 Å². The summed E-state index contributed by atoms with van der Waals surface area (Å²) in [6.45, 7) is 9.05. The quantitative estimate of drug-likeness (QED) is 0.795. The van der Waals surface area contributed by atoms with Crippen molar-refractivity contribution in [3.05, 3.63) is 35.4 Å². The van der Waals surface area contributed by atoms with Gasteiger partial charge in [-0.3, -0.25) is 0 Å². The summed E-state index contributed by atoms with van der Waals surface area (Å²) in [6, 6.07) is 9.22. The molecule has 2 unspecified atom stereocenters. The minimum absolute atomic E-state index is 0.547. The van der Waals surface area contributed by atoms with Crippen molar-refractivity contribution in [2.45, 2.75) is 39.7 Å². The summed E-state index contributed by atoms with van der Waals surface area (Å²) in [4.78, 5) is 0. The number of likely N-dealkylation sites (N-methyl/N-ethyl adjacent to an activating group) is 1. The lowest BCUT2D eigenvalue weighted by Gasteiger charge is -2.28. The van der Waals surface area contributed by atoms with Gasteiger partial charge < -0.3 is 5.32 Å². The molecule has 15 heavy (non-hydrogen) atoms. The highest BCUT2D eigenvalue weighted by molar-refractivity contribution is 5.29. The maximum absolute atomic E-state index is 3.43. The molecule has 0 aliphatic carbocycles. The molecule has 0 heterocycles. The second-order valence-corrected chi connectivity index (χ2v) is 4.70. The predicted molar refractivity (Wildman–Crippen MR) is 67.3 cm³/mol. The lowest BCUT2D eigenvalue weighted by molar-refractivity contribution is 0.375. The third kappa shape index (κ3) is 2.82. The minimum atomic E-state index is 0.547. The molecule has 0 aliphatic rings. The zero-order valence-corrected chi connectivity index (χ0v) is 10.5. The zero-order valence-electron chi connectivity index (χ0n) is 10.5. The fraction of sp³-hybridized carbons (Fsp3) is 0.571. The van der Waals surface area contributed by atoms with Crippen LogP contribution in [0.1, 0.15) is 37.8 Å². The fourth-order valence-corrected chi connectivity index (χ4v) is 2.45. The Bertz CT molecular complexity index is 304. The average Bonchev–Trinajstić information content (AvgIpc) is 2.18. The van der Waals surface area contributed by atoms with Gasteiger partial charge in [-0.05, 0) is 36.9 Å². The van der Waals surface area contributed by atoms with Gasteiger partial charge in [0.25, 0.3) is 0 Å². The third-order valence-corrected chi connectivity index (χ3v) is 3.27. The van der Waals surface area contributed by atoms with Gasteiger partial charge >= 0.3 is 0 Å². The van der Waals surface area contributed by atoms with Gasteiger partial charge in [0.05, 0.1) is 0 Å². The van der Waals surface area contributed by atoms with E-state index in [-0.39, 0.29) is 0 Å². The number of nitrogens with one attached hydrogen (secondary N) is 1. The Labute approximate surface area is 93.9 Å². The Balaban J connectivity index is 2.92. The predicted octanol–water partition coefficient (Wildman–Crippen LogP) is 3.34. The van der Waals surface area contributed by atoms with Crippen LogP contribution in [0.25, 0.3) is 0 Å². The molecule has 1 aromatic carbocycles. The van der Waals surface area contributed by atoms with E-state index in [2.05, 4.69) is 64.3 Å². The van der Waals surface area contributed by atoms with Crippen LogP contribution in [-0.2, 0) is 0 Å². The molecule has 2 atom stereocenters. The van der Waals surface area contributed by atoms with Gasteiger partial charge in [-0.15, -0.1) is 0 Å². The lowest BCUT2D eigenvalue weighted by atomic mass is 9.85. The van der Waals surface area contributed by atoms with E-state index < -0.39 is 0 Å². The van der Waals surface area contributed by atoms with Crippen molar-refractivity contribution >= 4 is 0 Å². The van der Waals surface area contributed by atoms with Crippen LogP contribution in [0.4, 0.5) is 0 Å². The topological polar surface area (TPSA) is 12.0 Å². The highest BCUT2D eigenvalue weighted by Gasteiger charge is 2.21. The molecule has 1 heteroatoms. The van der Waals surface area contributed by atoms with Crippen LogP contribution in [0.5, 0.6) is 0 Å². The van der Waals surface area contributed by atoms with Crippen molar-refractivity contribution in [3.8, 4) is 0 Å². The lowest BCUT2D eigenvalue weighted by Crippen LogP contribution is -2.35. The van der Waals surface area contributed by atoms with Crippen molar-refractivity contribution in [2.24, 2.45) is 5.92 Å². The standard InChI is InChI=1S/C14H23N/c1-10(2)14(15-5)12(4)13-9-7-6-8-11(13)3/h6-10,12,14-15H,1-5H3. The molecule has 1 nitrogen and oxygen atoms in total. The van der Waals surface area contributed by atoms with E-state index >= 15 is 0 Å². The van der Waals surface area contributed by atoms with Crippen molar-refractivity contribution in [1.29, 1.82) is 0 Å². The van der Waals surface area contributed by atoms with Crippen LogP contribution in [0.15, 0.2) is 24.3 Å². The number of hydrogen-bond acceptors (Lipinski definition) is 1. The van der Waals surface area contributed by atoms with Crippen molar-refractivity contribution in [3.63, 3.8) is 0 Å². The summed E-state index contributed by atoms with van der Waals surface area (Å²) >= 11 is 0. The van der Waals surface area contributed by atoms with E-state index in [1.165, 1.54) is 11.1 Å². The molecule has 0 saturated carbocycles. The minimum Gasteiger partial charge on any atom is -0.316 e. The first-order valence-corrected chi connectivity index (χ1v) is 5.80. The summed E-state index contributed by atoms with van der Waals surface area (Å²) < 4.78 is 0. The van der Waals surface area contributed by atoms with Gasteiger partial charge in [-0.1, -0.05) is 45.0 Å². The van der Waals surface area contributed by atoms with Crippen LogP contribution in [0.2, 0.25) is 0 Å². The van der Waals surface area contributed by atoms with Crippen molar-refractivity contribution in [2.75, 3.05) is 7.05 Å². The first kappa shape index (κ1) is 12.3. The Kier molecular flexibility index (Phi) is 4.34. The molecule has 1 rings (SSSR count). The first-order valence-electron chi connectivity index (χ1n) is 5.80. The van der Waals surface area contributed by atoms with Gasteiger partial charge in [-0.2, -0.15) is 0 Å². The Morgan fingerprint density at radius 1 is 1.07 bits per heavy atom. The molecule has 1 N–H and O–H groups in total. The molecule has 0 amide bonds. The third-order valence-electron chi connectivity index (χ3n) is 3.27. The maximum Gasteiger partial charge on any atom is 0.0153 e. The largest absolute Gasteiger partial charge is 0.316 e. The maximum atomic E-state index is 3.43. The van der Waals surface area contributed by atoms with Crippen LogP contribution in [0, 0.1) is 12.8 Å². The molecule has 0 saturated heterocycles. The van der Waals surface area contributed by atoms with Crippen LogP contribution in [-0.4, -0.2) is 13.1 Å². The van der Waals surface area contributed by atoms with E-state index in [0.717, 1.165) is 0 Å². The van der Waals surface area contributed by atoms with E-state index in [1.807, 2.05) is 0 Å². The normalized spacial score (nSPS) is 15.3. The Morgan fingerprint density at radius 3 is 2.13 bits per heavy atom. The SMILES string of the molecule is CNC(C(C)C)C(C)c1ccccc1C. The molecular formula is C14H23N. The molecule has 0 radical (unpaired) electrons. The number of rotatable bonds is 4. The van der Waals surface area contributed by atoms with Gasteiger partial charge in [0.1, 0.15) is 0 Å². The average molecular weight is 205 g/mol. The number of benzene rings is 1. The van der Waals surface area contributed by atoms with Gasteiger partial charge in [-0.25, -0.2) is 0 Å². The molecule has 0 spiro atoms. The van der Waals surface area contributed by atoms with Crippen LogP contribution in [0.3, 0.4) is 0 Å². The number of aryl methyl sites for hydroxylation is 1. The van der Waals surface area contributed by atoms with Gasteiger partial charge in [0.15, 0.2) is 0 Å². The molecular weight excluding hydrogens is 182 g/mol. The Morgan fingerprint density at radius 2 is 1.67 bits per heavy atom. The first-order chi connectivity index (χ1) is 7.07.